The fraction of sp³-hybridized carbons (Fsp3) is 0.381. The van der Waals surface area contributed by atoms with Crippen LogP contribution in [0.15, 0.2) is 42.5 Å². The highest BCUT2D eigenvalue weighted by Gasteiger charge is 2.31. The maximum Gasteiger partial charge on any atom is 0.225 e. The van der Waals surface area contributed by atoms with Gasteiger partial charge in [0.15, 0.2) is 0 Å². The Morgan fingerprint density at radius 2 is 1.78 bits per heavy atom. The van der Waals surface area contributed by atoms with E-state index in [1.165, 1.54) is 5.56 Å². The molecule has 1 aliphatic rings. The normalized spacial score (nSPS) is 14.6. The van der Waals surface area contributed by atoms with E-state index in [1.54, 1.807) is 6.07 Å². The van der Waals surface area contributed by atoms with E-state index >= 15 is 0 Å². The van der Waals surface area contributed by atoms with Gasteiger partial charge in [0.25, 0.3) is 0 Å². The molecule has 0 saturated carbocycles. The van der Waals surface area contributed by atoms with E-state index in [0.29, 0.717) is 16.7 Å². The van der Waals surface area contributed by atoms with Crippen LogP contribution in [0.4, 0.5) is 0 Å². The lowest BCUT2D eigenvalue weighted by atomic mass is 9.98. The third-order valence-corrected chi connectivity index (χ3v) is 4.97. The molecule has 0 spiro atoms. The average molecular weight is 407 g/mol. The van der Waals surface area contributed by atoms with Gasteiger partial charge in [0, 0.05) is 36.2 Å². The first-order chi connectivity index (χ1) is 13.0. The smallest absolute Gasteiger partial charge is 0.225 e. The maximum atomic E-state index is 11.9. The molecule has 0 aromatic heterocycles. The first-order valence-corrected chi connectivity index (χ1v) is 9.96. The molecular weight excluding hydrogens is 383 g/mol. The Labute approximate surface area is 170 Å². The SMILES string of the molecule is CCCNC(=O)C1CN(Cc2ccc(OCc3cc(Cl)cc(Cl)c3)cc2)C1. The topological polar surface area (TPSA) is 41.6 Å². The van der Waals surface area contributed by atoms with Crippen molar-refractivity contribution in [2.45, 2.75) is 26.5 Å². The van der Waals surface area contributed by atoms with Gasteiger partial charge >= 0.3 is 0 Å². The Bertz CT molecular complexity index is 754. The monoisotopic (exact) mass is 406 g/mol. The van der Waals surface area contributed by atoms with Crippen molar-refractivity contribution in [2.75, 3.05) is 19.6 Å². The minimum absolute atomic E-state index is 0.128. The molecule has 1 aliphatic heterocycles. The number of nitrogens with one attached hydrogen (secondary N) is 1. The summed E-state index contributed by atoms with van der Waals surface area (Å²) in [6.45, 7) is 5.73. The highest BCUT2D eigenvalue weighted by molar-refractivity contribution is 6.34. The van der Waals surface area contributed by atoms with Crippen LogP contribution in [-0.2, 0) is 17.9 Å². The molecule has 3 rings (SSSR count). The van der Waals surface area contributed by atoms with Crippen LogP contribution in [0.1, 0.15) is 24.5 Å². The van der Waals surface area contributed by atoms with Crippen LogP contribution in [0.5, 0.6) is 5.75 Å². The molecule has 0 radical (unpaired) electrons. The zero-order chi connectivity index (χ0) is 19.2. The number of halogens is 2. The van der Waals surface area contributed by atoms with E-state index in [9.17, 15) is 4.79 Å². The van der Waals surface area contributed by atoms with Gasteiger partial charge in [0.1, 0.15) is 12.4 Å². The molecule has 0 unspecified atom stereocenters. The van der Waals surface area contributed by atoms with Crippen LogP contribution >= 0.6 is 23.2 Å². The van der Waals surface area contributed by atoms with Gasteiger partial charge in [-0.05, 0) is 47.9 Å². The van der Waals surface area contributed by atoms with E-state index in [0.717, 1.165) is 43.9 Å². The van der Waals surface area contributed by atoms with Crippen molar-refractivity contribution in [2.24, 2.45) is 5.92 Å². The molecule has 1 amide bonds. The van der Waals surface area contributed by atoms with Gasteiger partial charge in [-0.3, -0.25) is 9.69 Å². The van der Waals surface area contributed by atoms with Gasteiger partial charge in [-0.15, -0.1) is 0 Å². The van der Waals surface area contributed by atoms with Crippen LogP contribution in [0.25, 0.3) is 0 Å². The summed E-state index contributed by atoms with van der Waals surface area (Å²) in [4.78, 5) is 14.2. The van der Waals surface area contributed by atoms with E-state index in [2.05, 4.69) is 29.3 Å². The number of carbonyl (C=O) groups is 1. The zero-order valence-electron chi connectivity index (χ0n) is 15.4. The molecule has 4 nitrogen and oxygen atoms in total. The minimum Gasteiger partial charge on any atom is -0.489 e. The molecule has 2 aromatic carbocycles. The third kappa shape index (κ3) is 5.86. The number of carbonyl (C=O) groups excluding carboxylic acids is 1. The molecule has 0 aliphatic carbocycles. The Morgan fingerprint density at radius 1 is 1.11 bits per heavy atom. The Kier molecular flexibility index (Phi) is 7.00. The van der Waals surface area contributed by atoms with Gasteiger partial charge in [-0.25, -0.2) is 0 Å². The summed E-state index contributed by atoms with van der Waals surface area (Å²) >= 11 is 12.0. The standard InChI is InChI=1S/C21H24Cl2N2O2/c1-2-7-24-21(26)17-12-25(13-17)11-15-3-5-20(6-4-15)27-14-16-8-18(22)10-19(23)9-16/h3-6,8-10,17H,2,7,11-14H2,1H3,(H,24,26). The van der Waals surface area contributed by atoms with Crippen molar-refractivity contribution in [3.63, 3.8) is 0 Å². The fourth-order valence-electron chi connectivity index (χ4n) is 3.07. The third-order valence-electron chi connectivity index (χ3n) is 4.53. The fourth-order valence-corrected chi connectivity index (χ4v) is 3.64. The van der Waals surface area contributed by atoms with E-state index in [4.69, 9.17) is 27.9 Å². The predicted molar refractivity (Wildman–Crippen MR) is 109 cm³/mol. The highest BCUT2D eigenvalue weighted by atomic mass is 35.5. The zero-order valence-corrected chi connectivity index (χ0v) is 16.9. The quantitative estimate of drug-likeness (QED) is 0.699. The molecule has 0 bridgehead atoms. The molecule has 1 heterocycles. The lowest BCUT2D eigenvalue weighted by Gasteiger charge is -2.38. The lowest BCUT2D eigenvalue weighted by Crippen LogP contribution is -2.53. The maximum absolute atomic E-state index is 11.9. The summed E-state index contributed by atoms with van der Waals surface area (Å²) < 4.78 is 5.80. The second kappa shape index (κ2) is 9.45. The molecule has 1 saturated heterocycles. The molecule has 1 N–H and O–H groups in total. The van der Waals surface area contributed by atoms with Crippen LogP contribution in [0, 0.1) is 5.92 Å². The van der Waals surface area contributed by atoms with Gasteiger partial charge in [0.05, 0.1) is 5.92 Å². The predicted octanol–water partition coefficient (Wildman–Crippen LogP) is 4.53. The second-order valence-electron chi connectivity index (χ2n) is 6.89. The van der Waals surface area contributed by atoms with Crippen LogP contribution in [0.2, 0.25) is 10.0 Å². The van der Waals surface area contributed by atoms with Crippen molar-refractivity contribution in [1.82, 2.24) is 10.2 Å². The van der Waals surface area contributed by atoms with Crippen molar-refractivity contribution in [3.05, 3.63) is 63.6 Å². The Morgan fingerprint density at radius 3 is 2.41 bits per heavy atom. The average Bonchev–Trinajstić information content (AvgIpc) is 2.61. The summed E-state index contributed by atoms with van der Waals surface area (Å²) in [6.07, 6.45) is 0.973. The molecular formula is C21H24Cl2N2O2. The number of nitrogens with zero attached hydrogens (tertiary/aromatic N) is 1. The van der Waals surface area contributed by atoms with Gasteiger partial charge < -0.3 is 10.1 Å². The summed E-state index contributed by atoms with van der Waals surface area (Å²) in [7, 11) is 0. The number of rotatable bonds is 8. The molecule has 6 heteroatoms. The van der Waals surface area contributed by atoms with E-state index in [-0.39, 0.29) is 11.8 Å². The Hall–Kier alpha value is -1.75. The number of benzene rings is 2. The molecule has 2 aromatic rings. The van der Waals surface area contributed by atoms with E-state index < -0.39 is 0 Å². The molecule has 27 heavy (non-hydrogen) atoms. The number of hydrogen-bond donors (Lipinski definition) is 1. The summed E-state index contributed by atoms with van der Waals surface area (Å²) in [6, 6.07) is 13.4. The molecule has 144 valence electrons. The summed E-state index contributed by atoms with van der Waals surface area (Å²) in [5.41, 5.74) is 2.14. The lowest BCUT2D eigenvalue weighted by molar-refractivity contribution is -0.130. The van der Waals surface area contributed by atoms with E-state index in [1.807, 2.05) is 24.3 Å². The minimum atomic E-state index is 0.128. The van der Waals surface area contributed by atoms with Crippen molar-refractivity contribution < 1.29 is 9.53 Å². The second-order valence-corrected chi connectivity index (χ2v) is 7.77. The van der Waals surface area contributed by atoms with Crippen LogP contribution in [0.3, 0.4) is 0 Å². The number of hydrogen-bond acceptors (Lipinski definition) is 3. The van der Waals surface area contributed by atoms with Crippen molar-refractivity contribution in [1.29, 1.82) is 0 Å². The van der Waals surface area contributed by atoms with Crippen molar-refractivity contribution in [3.8, 4) is 5.75 Å². The molecule has 1 fully saturated rings. The first kappa shape index (κ1) is 20.0. The Balaban J connectivity index is 1.43. The largest absolute Gasteiger partial charge is 0.489 e. The van der Waals surface area contributed by atoms with Gasteiger partial charge in [0.2, 0.25) is 5.91 Å². The van der Waals surface area contributed by atoms with Crippen LogP contribution < -0.4 is 10.1 Å². The van der Waals surface area contributed by atoms with Crippen LogP contribution in [-0.4, -0.2) is 30.4 Å². The number of ether oxygens (including phenoxy) is 1. The number of amides is 1. The number of likely N-dealkylation sites (tertiary alicyclic amines) is 1. The summed E-state index contributed by atoms with van der Waals surface area (Å²) in [5.74, 6) is 1.11. The molecule has 0 atom stereocenters. The summed E-state index contributed by atoms with van der Waals surface area (Å²) in [5, 5.41) is 4.17. The first-order valence-electron chi connectivity index (χ1n) is 9.20. The van der Waals surface area contributed by atoms with Gasteiger partial charge in [-0.1, -0.05) is 42.3 Å². The highest BCUT2D eigenvalue weighted by Crippen LogP contribution is 2.22. The van der Waals surface area contributed by atoms with Crippen molar-refractivity contribution >= 4 is 29.1 Å². The van der Waals surface area contributed by atoms with Gasteiger partial charge in [-0.2, -0.15) is 0 Å².